The molecule has 280 valence electrons. The number of halogens is 3. The second-order valence-electron chi connectivity index (χ2n) is 13.9. The molecule has 2 aliphatic heterocycles. The minimum atomic E-state index is -1.83. The summed E-state index contributed by atoms with van der Waals surface area (Å²) in [4.78, 5) is 71.1. The first-order valence-electron chi connectivity index (χ1n) is 17.2. The molecule has 4 amide bonds. The van der Waals surface area contributed by atoms with Gasteiger partial charge in [-0.2, -0.15) is 5.01 Å². The topological polar surface area (TPSA) is 174 Å². The summed E-state index contributed by atoms with van der Waals surface area (Å²) in [5, 5.41) is 32.5. The fourth-order valence-electron chi connectivity index (χ4n) is 9.05. The molecule has 1 saturated carbocycles. The van der Waals surface area contributed by atoms with Gasteiger partial charge in [-0.3, -0.25) is 24.6 Å². The molecular weight excluding hydrogens is 756 g/mol. The van der Waals surface area contributed by atoms with Crippen LogP contribution in [0.15, 0.2) is 90.5 Å². The number of carboxylic acids is 1. The first-order valence-corrected chi connectivity index (χ1v) is 17.9. The van der Waals surface area contributed by atoms with Crippen LogP contribution in [0.25, 0.3) is 0 Å². The Morgan fingerprint density at radius 1 is 0.927 bits per heavy atom. The van der Waals surface area contributed by atoms with Crippen LogP contribution in [-0.4, -0.2) is 57.0 Å². The lowest BCUT2D eigenvalue weighted by Crippen LogP contribution is -2.53. The number of nitrogens with one attached hydrogen (secondary N) is 1. The van der Waals surface area contributed by atoms with E-state index < -0.39 is 87.5 Å². The lowest BCUT2D eigenvalue weighted by Gasteiger charge is -2.50. The van der Waals surface area contributed by atoms with Gasteiger partial charge in [-0.15, -0.1) is 0 Å². The van der Waals surface area contributed by atoms with E-state index in [9.17, 15) is 34.5 Å². The molecule has 2 heterocycles. The number of anilines is 2. The number of phenols is 2. The van der Waals surface area contributed by atoms with E-state index in [1.54, 1.807) is 30.3 Å². The number of amides is 4. The number of carbonyl (C=O) groups excluding carboxylic acids is 4. The molecule has 0 aromatic heterocycles. The molecule has 55 heavy (non-hydrogen) atoms. The van der Waals surface area contributed by atoms with Gasteiger partial charge < -0.3 is 20.1 Å². The zero-order valence-corrected chi connectivity index (χ0v) is 30.2. The van der Waals surface area contributed by atoms with Crippen LogP contribution >= 0.6 is 23.2 Å². The predicted molar refractivity (Wildman–Crippen MR) is 196 cm³/mol. The number of ether oxygens (including phenoxy) is 1. The van der Waals surface area contributed by atoms with Crippen LogP contribution in [0.2, 0.25) is 10.0 Å². The highest BCUT2D eigenvalue weighted by Crippen LogP contribution is 2.65. The van der Waals surface area contributed by atoms with Crippen molar-refractivity contribution in [3.8, 4) is 17.2 Å². The van der Waals surface area contributed by atoms with Gasteiger partial charge in [0.05, 0.1) is 46.7 Å². The molecule has 2 aliphatic carbocycles. The van der Waals surface area contributed by atoms with Crippen LogP contribution in [0, 0.1) is 29.5 Å². The molecule has 4 N–H and O–H groups in total. The highest BCUT2D eigenvalue weighted by atomic mass is 35.5. The Labute approximate surface area is 322 Å². The standard InChI is InChI=1S/C40H30Cl2FN3O9/c1-55-21-9-5-18(6-10-21)40-27(36(50)46(39(40)54)44-30-14-7-19(41)15-28(30)42)17-26-22(33(40)25-3-2-4-29(43)34(25)48)12-13-24-32(26)37(51)45(35(24)49)20-8-11-23(38(52)53)31(47)16-20/h2-12,14-16,24,26-27,32-33,44,47-48H,13,17H2,1H3,(H,52,53)/t24-,26+,27-,32-,33+,40+/m0/s1. The fraction of sp³-hybridized carbons (Fsp3) is 0.225. The maximum absolute atomic E-state index is 15.4. The smallest absolute Gasteiger partial charge is 0.339 e. The van der Waals surface area contributed by atoms with Crippen molar-refractivity contribution in [3.05, 3.63) is 123 Å². The summed E-state index contributed by atoms with van der Waals surface area (Å²) >= 11 is 12.6. The number of hydrazine groups is 1. The lowest BCUT2D eigenvalue weighted by atomic mass is 9.49. The summed E-state index contributed by atoms with van der Waals surface area (Å²) in [6.45, 7) is 0. The first kappa shape index (κ1) is 36.1. The van der Waals surface area contributed by atoms with Crippen LogP contribution < -0.4 is 15.1 Å². The molecule has 3 fully saturated rings. The minimum absolute atomic E-state index is 0.00875. The molecule has 4 aliphatic rings. The number of benzene rings is 4. The predicted octanol–water partition coefficient (Wildman–Crippen LogP) is 6.44. The number of carbonyl (C=O) groups is 5. The Morgan fingerprint density at radius 3 is 2.35 bits per heavy atom. The summed E-state index contributed by atoms with van der Waals surface area (Å²) < 4.78 is 20.8. The highest BCUT2D eigenvalue weighted by molar-refractivity contribution is 6.36. The van der Waals surface area contributed by atoms with Gasteiger partial charge in [0.1, 0.15) is 17.1 Å². The number of hydrogen-bond acceptors (Lipinski definition) is 9. The van der Waals surface area contributed by atoms with E-state index in [1.165, 1.54) is 43.5 Å². The molecule has 4 aromatic carbocycles. The molecule has 4 aromatic rings. The molecule has 0 radical (unpaired) electrons. The average Bonchev–Trinajstić information content (AvgIpc) is 3.54. The number of phenolic OH excluding ortho intramolecular Hbond substituents is 1. The van der Waals surface area contributed by atoms with E-state index in [0.717, 1.165) is 28.1 Å². The average molecular weight is 787 g/mol. The Hall–Kier alpha value is -5.92. The quantitative estimate of drug-likeness (QED) is 0.121. The number of rotatable bonds is 7. The molecule has 12 nitrogen and oxygen atoms in total. The zero-order chi connectivity index (χ0) is 39.1. The number of fused-ring (bicyclic) bond motifs is 4. The van der Waals surface area contributed by atoms with Crippen LogP contribution in [0.5, 0.6) is 17.2 Å². The molecule has 0 spiro atoms. The first-order chi connectivity index (χ1) is 26.3. The summed E-state index contributed by atoms with van der Waals surface area (Å²) in [5.41, 5.74) is 1.54. The second kappa shape index (κ2) is 13.1. The number of nitrogens with zero attached hydrogens (tertiary/aromatic N) is 2. The van der Waals surface area contributed by atoms with Crippen molar-refractivity contribution in [2.24, 2.45) is 23.7 Å². The molecular formula is C40H30Cl2FN3O9. The van der Waals surface area contributed by atoms with Gasteiger partial charge in [0.2, 0.25) is 11.8 Å². The summed E-state index contributed by atoms with van der Waals surface area (Å²) in [6.07, 6.45) is 1.63. The summed E-state index contributed by atoms with van der Waals surface area (Å²) in [7, 11) is 1.47. The van der Waals surface area contributed by atoms with E-state index >= 15 is 9.18 Å². The minimum Gasteiger partial charge on any atom is -0.507 e. The van der Waals surface area contributed by atoms with E-state index in [2.05, 4.69) is 5.43 Å². The highest BCUT2D eigenvalue weighted by Gasteiger charge is 2.70. The van der Waals surface area contributed by atoms with E-state index in [4.69, 9.17) is 27.9 Å². The largest absolute Gasteiger partial charge is 0.507 e. The zero-order valence-electron chi connectivity index (χ0n) is 28.7. The Kier molecular flexibility index (Phi) is 8.61. The number of aromatic hydroxyl groups is 2. The van der Waals surface area contributed by atoms with Crippen molar-refractivity contribution in [3.63, 3.8) is 0 Å². The third kappa shape index (κ3) is 5.28. The van der Waals surface area contributed by atoms with E-state index in [0.29, 0.717) is 21.9 Å². The molecule has 6 atom stereocenters. The van der Waals surface area contributed by atoms with Gasteiger partial charge in [0.25, 0.3) is 11.8 Å². The molecule has 8 rings (SSSR count). The van der Waals surface area contributed by atoms with Crippen molar-refractivity contribution >= 4 is 64.2 Å². The van der Waals surface area contributed by atoms with Crippen molar-refractivity contribution in [2.45, 2.75) is 24.2 Å². The van der Waals surface area contributed by atoms with Gasteiger partial charge >= 0.3 is 5.97 Å². The third-order valence-electron chi connectivity index (χ3n) is 11.4. The van der Waals surface area contributed by atoms with Gasteiger partial charge in [0, 0.05) is 22.6 Å². The Bertz CT molecular complexity index is 2390. The molecule has 0 bridgehead atoms. The summed E-state index contributed by atoms with van der Waals surface area (Å²) in [6, 6.07) is 18.2. The SMILES string of the molecule is COc1ccc([C@@]23C(=O)N(Nc4ccc(Cl)cc4Cl)C(=O)[C@@H]2C[C@@H]2C(=CC[C@@H]4C(=O)N(c5ccc(C(=O)O)c(O)c5)C(=O)[C@@H]42)[C@@H]3c2cccc(F)c2O)cc1. The molecule has 2 saturated heterocycles. The fourth-order valence-corrected chi connectivity index (χ4v) is 9.50. The van der Waals surface area contributed by atoms with Crippen molar-refractivity contribution in [2.75, 3.05) is 17.4 Å². The molecule has 15 heteroatoms. The third-order valence-corrected chi connectivity index (χ3v) is 11.9. The van der Waals surface area contributed by atoms with Crippen LogP contribution in [0.3, 0.4) is 0 Å². The Balaban J connectivity index is 1.32. The van der Waals surface area contributed by atoms with E-state index in [-0.39, 0.29) is 34.8 Å². The van der Waals surface area contributed by atoms with Gasteiger partial charge in [-0.1, -0.05) is 59.1 Å². The normalized spacial score (nSPS) is 25.7. The second-order valence-corrected chi connectivity index (χ2v) is 14.8. The van der Waals surface area contributed by atoms with Gasteiger partial charge in [-0.05, 0) is 72.9 Å². The van der Waals surface area contributed by atoms with Crippen molar-refractivity contribution < 1.29 is 48.4 Å². The summed E-state index contributed by atoms with van der Waals surface area (Å²) in [5.74, 6) is -11.4. The van der Waals surface area contributed by atoms with Crippen molar-refractivity contribution in [1.82, 2.24) is 5.01 Å². The van der Waals surface area contributed by atoms with Crippen LogP contribution in [0.4, 0.5) is 15.8 Å². The van der Waals surface area contributed by atoms with Crippen LogP contribution in [0.1, 0.15) is 40.2 Å². The number of aromatic carboxylic acids is 1. The number of methoxy groups -OCH3 is 1. The van der Waals surface area contributed by atoms with Crippen molar-refractivity contribution in [1.29, 1.82) is 0 Å². The van der Waals surface area contributed by atoms with Crippen LogP contribution in [-0.2, 0) is 24.6 Å². The Morgan fingerprint density at radius 2 is 1.67 bits per heavy atom. The number of para-hydroxylation sites is 1. The number of hydrogen-bond donors (Lipinski definition) is 4. The maximum atomic E-state index is 15.4. The van der Waals surface area contributed by atoms with Gasteiger partial charge in [0.15, 0.2) is 11.6 Å². The monoisotopic (exact) mass is 785 g/mol. The maximum Gasteiger partial charge on any atom is 0.339 e. The number of allylic oxidation sites excluding steroid dienone is 2. The van der Waals surface area contributed by atoms with E-state index in [1.807, 2.05) is 0 Å². The molecule has 0 unspecified atom stereocenters. The van der Waals surface area contributed by atoms with Gasteiger partial charge in [-0.25, -0.2) is 14.1 Å². The number of imide groups is 2. The lowest BCUT2D eigenvalue weighted by molar-refractivity contribution is -0.138. The number of carboxylic acid groups (broad SMARTS) is 1.